The Kier molecular flexibility index (Phi) is 3.65. The highest BCUT2D eigenvalue weighted by molar-refractivity contribution is 14.1. The van der Waals surface area contributed by atoms with Crippen LogP contribution in [0.3, 0.4) is 0 Å². The summed E-state index contributed by atoms with van der Waals surface area (Å²) in [6.07, 6.45) is 0. The van der Waals surface area contributed by atoms with Crippen molar-refractivity contribution in [2.75, 3.05) is 0 Å². The van der Waals surface area contributed by atoms with Crippen molar-refractivity contribution in [3.05, 3.63) is 56.2 Å². The molecule has 4 heteroatoms. The molecule has 0 aliphatic rings. The molecule has 100 valence electrons. The average Bonchev–Trinajstić information content (AvgIpc) is 2.39. The van der Waals surface area contributed by atoms with Crippen LogP contribution >= 0.6 is 34.2 Å². The average molecular weight is 395 g/mol. The van der Waals surface area contributed by atoms with E-state index in [4.69, 9.17) is 11.6 Å². The minimum absolute atomic E-state index is 0.506. The lowest BCUT2D eigenvalue weighted by Crippen LogP contribution is -1.96. The van der Waals surface area contributed by atoms with Crippen molar-refractivity contribution in [1.29, 1.82) is 0 Å². The number of halogens is 2. The van der Waals surface area contributed by atoms with Crippen molar-refractivity contribution >= 4 is 45.1 Å². The molecule has 2 aromatic carbocycles. The van der Waals surface area contributed by atoms with Crippen molar-refractivity contribution in [3.8, 4) is 11.4 Å². The minimum atomic E-state index is 0.506. The lowest BCUT2D eigenvalue weighted by Gasteiger charge is -2.10. The fraction of sp³-hybridized carbons (Fsp3) is 0.125. The Hall–Kier alpha value is -1.20. The third-order valence-electron chi connectivity index (χ3n) is 3.32. The SMILES string of the molecule is Cc1cccc(C)c1-c1nc(Cl)c2cc(I)ccc2n1. The second kappa shape index (κ2) is 5.30. The van der Waals surface area contributed by atoms with Gasteiger partial charge in [0.05, 0.1) is 5.52 Å². The molecule has 0 radical (unpaired) electrons. The zero-order valence-corrected chi connectivity index (χ0v) is 14.0. The largest absolute Gasteiger partial charge is 0.228 e. The number of benzene rings is 2. The Morgan fingerprint density at radius 1 is 1.00 bits per heavy atom. The van der Waals surface area contributed by atoms with Crippen molar-refractivity contribution in [2.24, 2.45) is 0 Å². The standard InChI is InChI=1S/C16H12ClIN2/c1-9-4-3-5-10(2)14(9)16-19-13-7-6-11(18)8-12(13)15(17)20-16/h3-8H,1-2H3. The van der Waals surface area contributed by atoms with Gasteiger partial charge in [-0.2, -0.15) is 0 Å². The molecule has 0 amide bonds. The zero-order valence-electron chi connectivity index (χ0n) is 11.1. The fourth-order valence-corrected chi connectivity index (χ4v) is 3.06. The van der Waals surface area contributed by atoms with Gasteiger partial charge < -0.3 is 0 Å². The Labute approximate surface area is 136 Å². The molecule has 0 spiro atoms. The normalized spacial score (nSPS) is 11.0. The van der Waals surface area contributed by atoms with Crippen LogP contribution in [0.25, 0.3) is 22.3 Å². The Morgan fingerprint density at radius 3 is 2.40 bits per heavy atom. The minimum Gasteiger partial charge on any atom is -0.228 e. The van der Waals surface area contributed by atoms with E-state index in [2.05, 4.69) is 58.5 Å². The van der Waals surface area contributed by atoms with Crippen molar-refractivity contribution in [1.82, 2.24) is 9.97 Å². The van der Waals surface area contributed by atoms with E-state index in [0.29, 0.717) is 11.0 Å². The molecule has 0 saturated carbocycles. The van der Waals surface area contributed by atoms with Crippen molar-refractivity contribution < 1.29 is 0 Å². The molecular formula is C16H12ClIN2. The number of hydrogen-bond donors (Lipinski definition) is 0. The third-order valence-corrected chi connectivity index (χ3v) is 4.28. The number of rotatable bonds is 1. The zero-order chi connectivity index (χ0) is 14.3. The molecule has 0 atom stereocenters. The summed E-state index contributed by atoms with van der Waals surface area (Å²) in [5.74, 6) is 0.694. The monoisotopic (exact) mass is 394 g/mol. The lowest BCUT2D eigenvalue weighted by molar-refractivity contribution is 1.20. The molecule has 2 nitrogen and oxygen atoms in total. The molecule has 3 aromatic rings. The van der Waals surface area contributed by atoms with Gasteiger partial charge in [-0.1, -0.05) is 29.8 Å². The Bertz CT molecular complexity index is 795. The maximum Gasteiger partial charge on any atom is 0.162 e. The van der Waals surface area contributed by atoms with E-state index in [1.54, 1.807) is 0 Å². The van der Waals surface area contributed by atoms with Crippen LogP contribution in [0.5, 0.6) is 0 Å². The van der Waals surface area contributed by atoms with E-state index in [1.165, 1.54) is 0 Å². The fourth-order valence-electron chi connectivity index (χ4n) is 2.34. The first-order valence-electron chi connectivity index (χ1n) is 6.25. The van der Waals surface area contributed by atoms with E-state index in [0.717, 1.165) is 31.2 Å². The second-order valence-electron chi connectivity index (χ2n) is 4.77. The van der Waals surface area contributed by atoms with Gasteiger partial charge >= 0.3 is 0 Å². The first-order chi connectivity index (χ1) is 9.56. The van der Waals surface area contributed by atoms with Gasteiger partial charge in [0, 0.05) is 14.5 Å². The van der Waals surface area contributed by atoms with Gasteiger partial charge in [0.2, 0.25) is 0 Å². The van der Waals surface area contributed by atoms with Crippen LogP contribution in [0, 0.1) is 17.4 Å². The van der Waals surface area contributed by atoms with Crippen LogP contribution in [0.4, 0.5) is 0 Å². The molecule has 1 heterocycles. The van der Waals surface area contributed by atoms with Gasteiger partial charge in [0.25, 0.3) is 0 Å². The van der Waals surface area contributed by atoms with Crippen LogP contribution in [0.15, 0.2) is 36.4 Å². The van der Waals surface area contributed by atoms with E-state index in [-0.39, 0.29) is 0 Å². The smallest absolute Gasteiger partial charge is 0.162 e. The van der Waals surface area contributed by atoms with Crippen LogP contribution in [-0.2, 0) is 0 Å². The van der Waals surface area contributed by atoms with Gasteiger partial charge in [0.1, 0.15) is 5.15 Å². The molecule has 0 unspecified atom stereocenters. The molecule has 0 aliphatic carbocycles. The van der Waals surface area contributed by atoms with E-state index in [9.17, 15) is 0 Å². The highest BCUT2D eigenvalue weighted by atomic mass is 127. The first-order valence-corrected chi connectivity index (χ1v) is 7.71. The molecule has 3 rings (SSSR count). The van der Waals surface area contributed by atoms with Crippen molar-refractivity contribution in [3.63, 3.8) is 0 Å². The van der Waals surface area contributed by atoms with Gasteiger partial charge in [-0.15, -0.1) is 0 Å². The third kappa shape index (κ3) is 2.40. The topological polar surface area (TPSA) is 25.8 Å². The molecule has 20 heavy (non-hydrogen) atoms. The second-order valence-corrected chi connectivity index (χ2v) is 6.37. The Morgan fingerprint density at radius 2 is 1.70 bits per heavy atom. The van der Waals surface area contributed by atoms with Gasteiger partial charge in [0.15, 0.2) is 5.82 Å². The summed E-state index contributed by atoms with van der Waals surface area (Å²) in [5.41, 5.74) is 4.26. The van der Waals surface area contributed by atoms with Gasteiger partial charge in [-0.25, -0.2) is 9.97 Å². The van der Waals surface area contributed by atoms with E-state index >= 15 is 0 Å². The Balaban J connectivity index is 2.31. The molecular weight excluding hydrogens is 383 g/mol. The maximum absolute atomic E-state index is 6.33. The van der Waals surface area contributed by atoms with Gasteiger partial charge in [-0.3, -0.25) is 0 Å². The number of fused-ring (bicyclic) bond motifs is 1. The lowest BCUT2D eigenvalue weighted by atomic mass is 10.0. The van der Waals surface area contributed by atoms with Crippen LogP contribution < -0.4 is 0 Å². The molecule has 0 N–H and O–H groups in total. The number of hydrogen-bond acceptors (Lipinski definition) is 2. The van der Waals surface area contributed by atoms with E-state index in [1.807, 2.05) is 24.3 Å². The predicted molar refractivity (Wildman–Crippen MR) is 92.2 cm³/mol. The molecule has 0 saturated heterocycles. The van der Waals surface area contributed by atoms with Crippen LogP contribution in [-0.4, -0.2) is 9.97 Å². The summed E-state index contributed by atoms with van der Waals surface area (Å²) >= 11 is 8.60. The summed E-state index contributed by atoms with van der Waals surface area (Å²) in [4.78, 5) is 9.16. The van der Waals surface area contributed by atoms with Crippen LogP contribution in [0.2, 0.25) is 5.15 Å². The molecule has 0 aliphatic heterocycles. The summed E-state index contributed by atoms with van der Waals surface area (Å²) < 4.78 is 1.13. The highest BCUT2D eigenvalue weighted by Crippen LogP contribution is 2.29. The first kappa shape index (κ1) is 13.8. The predicted octanol–water partition coefficient (Wildman–Crippen LogP) is 5.17. The van der Waals surface area contributed by atoms with Crippen LogP contribution in [0.1, 0.15) is 11.1 Å². The molecule has 0 bridgehead atoms. The summed E-state index contributed by atoms with van der Waals surface area (Å²) in [7, 11) is 0. The summed E-state index contributed by atoms with van der Waals surface area (Å²) in [6, 6.07) is 12.2. The number of aryl methyl sites for hydroxylation is 2. The quantitative estimate of drug-likeness (QED) is 0.420. The van der Waals surface area contributed by atoms with Gasteiger partial charge in [-0.05, 0) is 65.8 Å². The van der Waals surface area contributed by atoms with Crippen molar-refractivity contribution in [2.45, 2.75) is 13.8 Å². The highest BCUT2D eigenvalue weighted by Gasteiger charge is 2.12. The van der Waals surface area contributed by atoms with E-state index < -0.39 is 0 Å². The summed E-state index contributed by atoms with van der Waals surface area (Å²) in [6.45, 7) is 4.13. The maximum atomic E-state index is 6.33. The molecule has 1 aromatic heterocycles. The number of nitrogens with zero attached hydrogens (tertiary/aromatic N) is 2. The number of aromatic nitrogens is 2. The molecule has 0 fully saturated rings. The summed E-state index contributed by atoms with van der Waals surface area (Å²) in [5, 5.41) is 1.40.